The molecule has 0 spiro atoms. The molecule has 2 aromatic heterocycles. The van der Waals surface area contributed by atoms with Crippen molar-refractivity contribution < 1.29 is 4.92 Å². The van der Waals surface area contributed by atoms with E-state index in [-0.39, 0.29) is 11.2 Å². The number of rotatable bonds is 1. The Bertz CT molecular complexity index is 896. The molecule has 1 N–H and O–H groups in total. The highest BCUT2D eigenvalue weighted by Gasteiger charge is 2.15. The Hall–Kier alpha value is -2.22. The van der Waals surface area contributed by atoms with Crippen LogP contribution in [-0.2, 0) is 7.05 Å². The van der Waals surface area contributed by atoms with Crippen LogP contribution >= 0.6 is 15.9 Å². The number of aromatic amines is 1. The van der Waals surface area contributed by atoms with Crippen molar-refractivity contribution >= 4 is 43.4 Å². The quantitative estimate of drug-likeness (QED) is 0.548. The first-order valence-electron chi connectivity index (χ1n) is 5.30. The second-order valence-corrected chi connectivity index (χ2v) is 4.96. The van der Waals surface area contributed by atoms with E-state index in [1.807, 2.05) is 0 Å². The maximum absolute atomic E-state index is 11.8. The van der Waals surface area contributed by atoms with Crippen LogP contribution < -0.4 is 5.56 Å². The molecule has 0 aliphatic rings. The van der Waals surface area contributed by atoms with Crippen LogP contribution in [0.15, 0.2) is 27.6 Å². The van der Waals surface area contributed by atoms with Crippen LogP contribution in [0.4, 0.5) is 5.69 Å². The topological polar surface area (TPSA) is 93.8 Å². The summed E-state index contributed by atoms with van der Waals surface area (Å²) < 4.78 is 1.83. The largest absolute Gasteiger partial charge is 0.294 e. The SMILES string of the molecule is Cn1[nH]c2c(cnc3c(Br)cc([N+](=O)[O-])cc32)c1=O. The fourth-order valence-corrected chi connectivity index (χ4v) is 2.58. The third-order valence-corrected chi connectivity index (χ3v) is 3.54. The number of pyridine rings is 1. The van der Waals surface area contributed by atoms with Crippen molar-refractivity contribution in [1.29, 1.82) is 0 Å². The van der Waals surface area contributed by atoms with Crippen LogP contribution in [0.3, 0.4) is 0 Å². The van der Waals surface area contributed by atoms with Crippen molar-refractivity contribution in [2.75, 3.05) is 0 Å². The van der Waals surface area contributed by atoms with Gasteiger partial charge in [0.05, 0.1) is 25.8 Å². The predicted molar refractivity (Wildman–Crippen MR) is 73.2 cm³/mol. The number of non-ortho nitro benzene ring substituents is 1. The van der Waals surface area contributed by atoms with Gasteiger partial charge >= 0.3 is 0 Å². The fourth-order valence-electron chi connectivity index (χ4n) is 2.03. The first-order valence-corrected chi connectivity index (χ1v) is 6.09. The molecule has 0 amide bonds. The number of nitrogens with zero attached hydrogens (tertiary/aromatic N) is 3. The van der Waals surface area contributed by atoms with Gasteiger partial charge in [0.2, 0.25) is 0 Å². The molecule has 0 aliphatic heterocycles. The monoisotopic (exact) mass is 322 g/mol. The Balaban J connectivity index is 2.56. The van der Waals surface area contributed by atoms with E-state index in [0.717, 1.165) is 0 Å². The maximum Gasteiger partial charge on any atom is 0.275 e. The molecule has 8 heteroatoms. The molecule has 2 heterocycles. The van der Waals surface area contributed by atoms with E-state index in [1.54, 1.807) is 7.05 Å². The zero-order chi connectivity index (χ0) is 13.7. The maximum atomic E-state index is 11.8. The number of nitro groups is 1. The van der Waals surface area contributed by atoms with E-state index >= 15 is 0 Å². The van der Waals surface area contributed by atoms with Crippen molar-refractivity contribution in [3.63, 3.8) is 0 Å². The standard InChI is InChI=1S/C11H7BrN4O3/c1-15-11(17)7-4-13-10-6(9(7)14-15)2-5(16(18)19)3-8(10)12/h2-4,14H,1H3. The van der Waals surface area contributed by atoms with Gasteiger partial charge in [-0.25, -0.2) is 0 Å². The van der Waals surface area contributed by atoms with Gasteiger partial charge < -0.3 is 0 Å². The molecule has 0 saturated carbocycles. The molecule has 96 valence electrons. The van der Waals surface area contributed by atoms with E-state index in [2.05, 4.69) is 26.0 Å². The summed E-state index contributed by atoms with van der Waals surface area (Å²) in [5.74, 6) is 0. The van der Waals surface area contributed by atoms with E-state index in [1.165, 1.54) is 23.0 Å². The highest BCUT2D eigenvalue weighted by Crippen LogP contribution is 2.30. The van der Waals surface area contributed by atoms with E-state index < -0.39 is 4.92 Å². The van der Waals surface area contributed by atoms with Gasteiger partial charge in [-0.05, 0) is 15.9 Å². The average Bonchev–Trinajstić information content (AvgIpc) is 2.66. The third kappa shape index (κ3) is 1.64. The molecule has 0 unspecified atom stereocenters. The van der Waals surface area contributed by atoms with E-state index in [4.69, 9.17) is 0 Å². The zero-order valence-electron chi connectivity index (χ0n) is 9.68. The van der Waals surface area contributed by atoms with Crippen LogP contribution in [0.5, 0.6) is 0 Å². The summed E-state index contributed by atoms with van der Waals surface area (Å²) in [5.41, 5.74) is 0.840. The molecule has 3 rings (SSSR count). The van der Waals surface area contributed by atoms with Gasteiger partial charge in [-0.1, -0.05) is 0 Å². The van der Waals surface area contributed by atoms with Crippen LogP contribution in [0, 0.1) is 10.1 Å². The number of H-pyrrole nitrogens is 1. The molecule has 0 fully saturated rings. The van der Waals surface area contributed by atoms with Crippen LogP contribution in [0.25, 0.3) is 21.8 Å². The molecule has 0 atom stereocenters. The Morgan fingerprint density at radius 2 is 2.16 bits per heavy atom. The van der Waals surface area contributed by atoms with Gasteiger partial charge in [-0.2, -0.15) is 0 Å². The highest BCUT2D eigenvalue weighted by atomic mass is 79.9. The Labute approximate surface area is 114 Å². The Morgan fingerprint density at radius 3 is 2.84 bits per heavy atom. The number of fused-ring (bicyclic) bond motifs is 3. The molecular weight excluding hydrogens is 316 g/mol. The summed E-state index contributed by atoms with van der Waals surface area (Å²) in [5, 5.41) is 14.7. The summed E-state index contributed by atoms with van der Waals surface area (Å²) >= 11 is 3.26. The number of nitro benzene ring substituents is 1. The minimum absolute atomic E-state index is 0.0571. The first kappa shape index (κ1) is 11.8. The number of hydrogen-bond donors (Lipinski definition) is 1. The zero-order valence-corrected chi connectivity index (χ0v) is 11.3. The summed E-state index contributed by atoms with van der Waals surface area (Å²) in [6.07, 6.45) is 1.47. The fraction of sp³-hybridized carbons (Fsp3) is 0.0909. The van der Waals surface area contributed by atoms with Gasteiger partial charge in [0, 0.05) is 30.8 Å². The second kappa shape index (κ2) is 3.89. The number of halogens is 1. The van der Waals surface area contributed by atoms with Crippen molar-refractivity contribution in [2.24, 2.45) is 7.05 Å². The van der Waals surface area contributed by atoms with Crippen molar-refractivity contribution in [2.45, 2.75) is 0 Å². The Morgan fingerprint density at radius 1 is 1.42 bits per heavy atom. The summed E-state index contributed by atoms with van der Waals surface area (Å²) in [6, 6.07) is 2.80. The van der Waals surface area contributed by atoms with E-state index in [9.17, 15) is 14.9 Å². The normalized spacial score (nSPS) is 11.3. The summed E-state index contributed by atoms with van der Waals surface area (Å²) in [7, 11) is 1.58. The van der Waals surface area contributed by atoms with Crippen molar-refractivity contribution in [3.05, 3.63) is 43.3 Å². The molecule has 19 heavy (non-hydrogen) atoms. The number of nitrogens with one attached hydrogen (secondary N) is 1. The lowest BCUT2D eigenvalue weighted by molar-refractivity contribution is -0.384. The molecule has 0 bridgehead atoms. The summed E-state index contributed by atoms with van der Waals surface area (Å²) in [6.45, 7) is 0. The van der Waals surface area contributed by atoms with Crippen LogP contribution in [0.1, 0.15) is 0 Å². The first-order chi connectivity index (χ1) is 8.99. The van der Waals surface area contributed by atoms with Crippen LogP contribution in [-0.4, -0.2) is 19.7 Å². The molecule has 3 aromatic rings. The lowest BCUT2D eigenvalue weighted by Crippen LogP contribution is -2.11. The lowest BCUT2D eigenvalue weighted by atomic mass is 10.1. The highest BCUT2D eigenvalue weighted by molar-refractivity contribution is 9.10. The van der Waals surface area contributed by atoms with Gasteiger partial charge in [0.15, 0.2) is 0 Å². The molecule has 1 aromatic carbocycles. The minimum atomic E-state index is -0.482. The number of benzene rings is 1. The Kier molecular flexibility index (Phi) is 2.42. The van der Waals surface area contributed by atoms with E-state index in [0.29, 0.717) is 26.3 Å². The number of aryl methyl sites for hydroxylation is 1. The lowest BCUT2D eigenvalue weighted by Gasteiger charge is -2.01. The second-order valence-electron chi connectivity index (χ2n) is 4.10. The van der Waals surface area contributed by atoms with Gasteiger partial charge in [0.1, 0.15) is 0 Å². The van der Waals surface area contributed by atoms with Crippen LogP contribution in [0.2, 0.25) is 0 Å². The van der Waals surface area contributed by atoms with Crippen molar-refractivity contribution in [3.8, 4) is 0 Å². The van der Waals surface area contributed by atoms with Gasteiger partial charge in [-0.15, -0.1) is 0 Å². The number of hydrogen-bond acceptors (Lipinski definition) is 4. The molecule has 0 radical (unpaired) electrons. The van der Waals surface area contributed by atoms with Crippen molar-refractivity contribution in [1.82, 2.24) is 14.8 Å². The third-order valence-electron chi connectivity index (χ3n) is 2.93. The minimum Gasteiger partial charge on any atom is -0.294 e. The smallest absolute Gasteiger partial charge is 0.275 e. The molecular formula is C11H7BrN4O3. The van der Waals surface area contributed by atoms with Gasteiger partial charge in [-0.3, -0.25) is 29.7 Å². The predicted octanol–water partition coefficient (Wildman–Crippen LogP) is 2.09. The molecule has 7 nitrogen and oxygen atoms in total. The molecule has 0 saturated heterocycles. The summed E-state index contributed by atoms with van der Waals surface area (Å²) in [4.78, 5) is 26.4. The number of aromatic nitrogens is 3. The molecule has 0 aliphatic carbocycles. The average molecular weight is 323 g/mol. The van der Waals surface area contributed by atoms with Gasteiger partial charge in [0.25, 0.3) is 11.2 Å².